The topological polar surface area (TPSA) is 84.0 Å². The minimum atomic E-state index is -0.105. The van der Waals surface area contributed by atoms with Gasteiger partial charge in [0.1, 0.15) is 18.5 Å². The summed E-state index contributed by atoms with van der Waals surface area (Å²) in [5.74, 6) is 1.06. The highest BCUT2D eigenvalue weighted by Gasteiger charge is 2.33. The Morgan fingerprint density at radius 1 is 1.10 bits per heavy atom. The highest BCUT2D eigenvalue weighted by Crippen LogP contribution is 2.27. The number of carbonyl (C=O) groups is 2. The lowest BCUT2D eigenvalue weighted by Crippen LogP contribution is -2.57. The fourth-order valence-corrected chi connectivity index (χ4v) is 3.48. The van der Waals surface area contributed by atoms with Crippen LogP contribution in [-0.2, 0) is 9.53 Å². The second kappa shape index (κ2) is 9.13. The second-order valence-electron chi connectivity index (χ2n) is 7.52. The van der Waals surface area contributed by atoms with E-state index in [0.717, 1.165) is 17.0 Å². The quantitative estimate of drug-likeness (QED) is 0.758. The Morgan fingerprint density at radius 3 is 2.53 bits per heavy atom. The van der Waals surface area contributed by atoms with Gasteiger partial charge in [-0.05, 0) is 42.8 Å². The summed E-state index contributed by atoms with van der Waals surface area (Å²) in [7, 11) is 0. The van der Waals surface area contributed by atoms with Crippen molar-refractivity contribution in [1.82, 2.24) is 14.8 Å². The van der Waals surface area contributed by atoms with Gasteiger partial charge in [0, 0.05) is 43.7 Å². The average molecular weight is 410 g/mol. The molecule has 1 N–H and O–H groups in total. The fraction of sp³-hybridized carbons (Fsp3) is 0.409. The summed E-state index contributed by atoms with van der Waals surface area (Å²) in [6.07, 6.45) is 3.60. The SMILES string of the molecule is CCOCC(=O)N1CC(Oc2ccc(NC(=O)N3CC(c4cccnc4)C3)cc2)C1. The molecule has 2 aromatic rings. The van der Waals surface area contributed by atoms with Crippen molar-refractivity contribution >= 4 is 17.6 Å². The Morgan fingerprint density at radius 2 is 1.87 bits per heavy atom. The maximum atomic E-state index is 12.4. The Kier molecular flexibility index (Phi) is 6.13. The molecular formula is C22H26N4O4. The number of likely N-dealkylation sites (tertiary alicyclic amines) is 2. The molecule has 1 aromatic heterocycles. The molecule has 8 nitrogen and oxygen atoms in total. The Balaban J connectivity index is 1.18. The van der Waals surface area contributed by atoms with Gasteiger partial charge in [0.2, 0.25) is 5.91 Å². The lowest BCUT2D eigenvalue weighted by Gasteiger charge is -2.39. The van der Waals surface area contributed by atoms with Crippen molar-refractivity contribution in [3.05, 3.63) is 54.4 Å². The molecule has 0 aliphatic carbocycles. The molecule has 4 rings (SSSR count). The van der Waals surface area contributed by atoms with Gasteiger partial charge in [0.05, 0.1) is 13.1 Å². The molecule has 1 aromatic carbocycles. The van der Waals surface area contributed by atoms with E-state index in [1.54, 1.807) is 16.0 Å². The van der Waals surface area contributed by atoms with Crippen molar-refractivity contribution < 1.29 is 19.1 Å². The van der Waals surface area contributed by atoms with Gasteiger partial charge >= 0.3 is 6.03 Å². The van der Waals surface area contributed by atoms with Crippen molar-refractivity contribution in [1.29, 1.82) is 0 Å². The van der Waals surface area contributed by atoms with Crippen LogP contribution < -0.4 is 10.1 Å². The van der Waals surface area contributed by atoms with Gasteiger partial charge in [-0.15, -0.1) is 0 Å². The highest BCUT2D eigenvalue weighted by atomic mass is 16.5. The van der Waals surface area contributed by atoms with Gasteiger partial charge in [-0.1, -0.05) is 6.07 Å². The lowest BCUT2D eigenvalue weighted by atomic mass is 9.93. The second-order valence-corrected chi connectivity index (χ2v) is 7.52. The number of hydrogen-bond donors (Lipinski definition) is 1. The van der Waals surface area contributed by atoms with Gasteiger partial charge in [-0.2, -0.15) is 0 Å². The predicted octanol–water partition coefficient (Wildman–Crippen LogP) is 2.34. The number of hydrogen-bond acceptors (Lipinski definition) is 5. The van der Waals surface area contributed by atoms with E-state index in [0.29, 0.717) is 38.7 Å². The van der Waals surface area contributed by atoms with Crippen LogP contribution in [0.4, 0.5) is 10.5 Å². The number of amides is 3. The molecule has 2 aliphatic rings. The summed E-state index contributed by atoms with van der Waals surface area (Å²) in [6.45, 7) is 5.04. The zero-order valence-electron chi connectivity index (χ0n) is 17.0. The molecule has 3 heterocycles. The van der Waals surface area contributed by atoms with Crippen LogP contribution >= 0.6 is 0 Å². The van der Waals surface area contributed by atoms with Gasteiger partial charge in [0.15, 0.2) is 0 Å². The van der Waals surface area contributed by atoms with Crippen molar-refractivity contribution in [3.8, 4) is 5.75 Å². The molecule has 8 heteroatoms. The number of urea groups is 1. The maximum absolute atomic E-state index is 12.4. The number of pyridine rings is 1. The van der Waals surface area contributed by atoms with Crippen LogP contribution in [0.1, 0.15) is 18.4 Å². The number of aromatic nitrogens is 1. The van der Waals surface area contributed by atoms with E-state index < -0.39 is 0 Å². The third kappa shape index (κ3) is 4.71. The number of ether oxygens (including phenoxy) is 2. The lowest BCUT2D eigenvalue weighted by molar-refractivity contribution is -0.144. The third-order valence-electron chi connectivity index (χ3n) is 5.36. The normalized spacial score (nSPS) is 16.6. The number of anilines is 1. The standard InChI is InChI=1S/C22H26N4O4/c1-2-29-15-21(27)25-13-20(14-25)30-19-7-5-18(6-8-19)24-22(28)26-11-17(12-26)16-4-3-9-23-10-16/h3-10,17,20H,2,11-15H2,1H3,(H,24,28). The summed E-state index contributed by atoms with van der Waals surface area (Å²) < 4.78 is 11.0. The van der Waals surface area contributed by atoms with Crippen LogP contribution in [0.25, 0.3) is 0 Å². The average Bonchev–Trinajstić information content (AvgIpc) is 2.69. The van der Waals surface area contributed by atoms with Crippen LogP contribution in [-0.4, -0.2) is 72.2 Å². The third-order valence-corrected chi connectivity index (χ3v) is 5.36. The molecule has 0 saturated carbocycles. The molecule has 0 bridgehead atoms. The molecule has 2 saturated heterocycles. The van der Waals surface area contributed by atoms with Crippen LogP contribution in [0.15, 0.2) is 48.8 Å². The van der Waals surface area contributed by atoms with Crippen molar-refractivity contribution in [2.24, 2.45) is 0 Å². The zero-order valence-corrected chi connectivity index (χ0v) is 17.0. The number of nitrogens with zero attached hydrogens (tertiary/aromatic N) is 3. The number of carbonyl (C=O) groups excluding carboxylic acids is 2. The smallest absolute Gasteiger partial charge is 0.321 e. The van der Waals surface area contributed by atoms with E-state index in [4.69, 9.17) is 9.47 Å². The number of nitrogens with one attached hydrogen (secondary N) is 1. The van der Waals surface area contributed by atoms with Crippen molar-refractivity contribution in [2.45, 2.75) is 18.9 Å². The van der Waals surface area contributed by atoms with E-state index in [1.807, 2.05) is 49.5 Å². The first kappa shape index (κ1) is 20.2. The molecular weight excluding hydrogens is 384 g/mol. The van der Waals surface area contributed by atoms with Crippen molar-refractivity contribution in [3.63, 3.8) is 0 Å². The van der Waals surface area contributed by atoms with E-state index in [1.165, 1.54) is 0 Å². The molecule has 0 unspecified atom stereocenters. The largest absolute Gasteiger partial charge is 0.487 e. The minimum Gasteiger partial charge on any atom is -0.487 e. The number of rotatable bonds is 7. The zero-order chi connectivity index (χ0) is 20.9. The van der Waals surface area contributed by atoms with Crippen LogP contribution in [0, 0.1) is 0 Å². The number of benzene rings is 1. The van der Waals surface area contributed by atoms with Gasteiger partial charge in [0.25, 0.3) is 0 Å². The predicted molar refractivity (Wildman–Crippen MR) is 112 cm³/mol. The van der Waals surface area contributed by atoms with Gasteiger partial charge in [-0.25, -0.2) is 4.79 Å². The molecule has 3 amide bonds. The van der Waals surface area contributed by atoms with Crippen LogP contribution in [0.3, 0.4) is 0 Å². The first-order valence-electron chi connectivity index (χ1n) is 10.2. The van der Waals surface area contributed by atoms with Gasteiger partial charge < -0.3 is 24.6 Å². The summed E-state index contributed by atoms with van der Waals surface area (Å²) in [5.41, 5.74) is 1.89. The first-order chi connectivity index (χ1) is 14.6. The first-order valence-corrected chi connectivity index (χ1v) is 10.2. The van der Waals surface area contributed by atoms with E-state index in [-0.39, 0.29) is 24.6 Å². The Bertz CT molecular complexity index is 862. The maximum Gasteiger partial charge on any atom is 0.321 e. The Labute approximate surface area is 175 Å². The van der Waals surface area contributed by atoms with E-state index >= 15 is 0 Å². The summed E-state index contributed by atoms with van der Waals surface area (Å²) in [4.78, 5) is 31.8. The van der Waals surface area contributed by atoms with Crippen molar-refractivity contribution in [2.75, 3.05) is 44.7 Å². The molecule has 0 spiro atoms. The molecule has 158 valence electrons. The van der Waals surface area contributed by atoms with Crippen LogP contribution in [0.5, 0.6) is 5.75 Å². The molecule has 30 heavy (non-hydrogen) atoms. The van der Waals surface area contributed by atoms with E-state index in [2.05, 4.69) is 10.3 Å². The summed E-state index contributed by atoms with van der Waals surface area (Å²) in [5, 5.41) is 2.91. The highest BCUT2D eigenvalue weighted by molar-refractivity contribution is 5.90. The fourth-order valence-electron chi connectivity index (χ4n) is 3.48. The summed E-state index contributed by atoms with van der Waals surface area (Å²) in [6, 6.07) is 11.2. The summed E-state index contributed by atoms with van der Waals surface area (Å²) >= 11 is 0. The molecule has 2 fully saturated rings. The van der Waals surface area contributed by atoms with Crippen LogP contribution in [0.2, 0.25) is 0 Å². The molecule has 0 radical (unpaired) electrons. The monoisotopic (exact) mass is 410 g/mol. The molecule has 0 atom stereocenters. The molecule has 2 aliphatic heterocycles. The van der Waals surface area contributed by atoms with E-state index in [9.17, 15) is 9.59 Å². The minimum absolute atomic E-state index is 0.00785. The Hall–Kier alpha value is -3.13. The van der Waals surface area contributed by atoms with Gasteiger partial charge in [-0.3, -0.25) is 9.78 Å².